The van der Waals surface area contributed by atoms with Crippen molar-refractivity contribution in [3.05, 3.63) is 29.2 Å². The van der Waals surface area contributed by atoms with Gasteiger partial charge in [-0.15, -0.1) is 0 Å². The summed E-state index contributed by atoms with van der Waals surface area (Å²) < 4.78 is 46.6. The Balaban J connectivity index is 1.91. The Morgan fingerprint density at radius 1 is 1.48 bits per heavy atom. The Morgan fingerprint density at radius 3 is 2.85 bits per heavy atom. The molecule has 0 saturated heterocycles. The Kier molecular flexibility index (Phi) is 5.05. The number of hydrogen-bond donors (Lipinski definition) is 2. The molecule has 1 aliphatic carbocycles. The second-order valence-electron chi connectivity index (χ2n) is 6.38. The van der Waals surface area contributed by atoms with Gasteiger partial charge in [0.05, 0.1) is 12.6 Å². The average molecular weight is 385 g/mol. The summed E-state index contributed by atoms with van der Waals surface area (Å²) in [5.41, 5.74) is 5.58. The number of nitrogens with one attached hydrogen (secondary N) is 1. The quantitative estimate of drug-likeness (QED) is 0.804. The topological polar surface area (TPSA) is 112 Å². The summed E-state index contributed by atoms with van der Waals surface area (Å²) in [5, 5.41) is 6.56. The van der Waals surface area contributed by atoms with Crippen LogP contribution < -0.4 is 11.1 Å². The van der Waals surface area contributed by atoms with Crippen molar-refractivity contribution >= 4 is 17.5 Å². The van der Waals surface area contributed by atoms with Gasteiger partial charge in [-0.3, -0.25) is 9.59 Å². The number of carbonyl (C=O) groups is 2. The largest absolute Gasteiger partial charge is 0.378 e. The number of fused-ring (bicyclic) bond motifs is 1. The van der Waals surface area contributed by atoms with Gasteiger partial charge in [-0.1, -0.05) is 0 Å². The molecule has 0 aliphatic heterocycles. The summed E-state index contributed by atoms with van der Waals surface area (Å²) in [6, 6.07) is 0.284. The Morgan fingerprint density at radius 2 is 2.22 bits per heavy atom. The van der Waals surface area contributed by atoms with E-state index in [4.69, 9.17) is 10.5 Å². The molecule has 3 N–H and O–H groups in total. The summed E-state index contributed by atoms with van der Waals surface area (Å²) in [6.45, 7) is -0.0348. The van der Waals surface area contributed by atoms with Crippen LogP contribution in [0.1, 0.15) is 45.8 Å². The van der Waals surface area contributed by atoms with Gasteiger partial charge in [-0.2, -0.15) is 5.10 Å². The fraction of sp³-hybridized carbons (Fsp3) is 0.500. The number of rotatable bonds is 5. The number of carbonyl (C=O) groups excluding carboxylic acids is 2. The molecular weight excluding hydrogens is 367 g/mol. The Labute approximate surface area is 151 Å². The zero-order valence-electron chi connectivity index (χ0n) is 14.4. The number of methoxy groups -OCH3 is 1. The van der Waals surface area contributed by atoms with E-state index < -0.39 is 42.8 Å². The molecule has 1 fully saturated rings. The number of hydrogen-bond acceptors (Lipinski definition) is 5. The van der Waals surface area contributed by atoms with E-state index in [-0.39, 0.29) is 35.6 Å². The second-order valence-corrected chi connectivity index (χ2v) is 6.38. The smallest absolute Gasteiger partial charge is 0.270 e. The van der Waals surface area contributed by atoms with Crippen LogP contribution in [0.4, 0.5) is 13.2 Å². The SMILES string of the molecule is COCc1nn2c(C(=O)NC3CCC(F)(F)CC3F)ccnc2c1C(N)=O. The third kappa shape index (κ3) is 3.72. The minimum Gasteiger partial charge on any atom is -0.378 e. The number of nitrogens with zero attached hydrogens (tertiary/aromatic N) is 3. The lowest BCUT2D eigenvalue weighted by Gasteiger charge is -2.31. The van der Waals surface area contributed by atoms with Gasteiger partial charge in [0.1, 0.15) is 23.1 Å². The van der Waals surface area contributed by atoms with Crippen LogP contribution in [0.2, 0.25) is 0 Å². The third-order valence-corrected chi connectivity index (χ3v) is 4.42. The highest BCUT2D eigenvalue weighted by Gasteiger charge is 2.42. The molecule has 2 aromatic rings. The zero-order valence-corrected chi connectivity index (χ0v) is 14.4. The Bertz CT molecular complexity index is 886. The first-order valence-electron chi connectivity index (χ1n) is 8.21. The maximum absolute atomic E-state index is 14.0. The van der Waals surface area contributed by atoms with Crippen molar-refractivity contribution in [1.82, 2.24) is 19.9 Å². The fourth-order valence-corrected chi connectivity index (χ4v) is 3.13. The molecule has 1 saturated carbocycles. The van der Waals surface area contributed by atoms with Crippen molar-refractivity contribution in [2.45, 2.75) is 44.0 Å². The van der Waals surface area contributed by atoms with Gasteiger partial charge in [0.15, 0.2) is 5.65 Å². The van der Waals surface area contributed by atoms with E-state index in [1.54, 1.807) is 0 Å². The first-order valence-corrected chi connectivity index (χ1v) is 8.21. The maximum atomic E-state index is 14.0. The highest BCUT2D eigenvalue weighted by atomic mass is 19.3. The van der Waals surface area contributed by atoms with Crippen molar-refractivity contribution in [2.75, 3.05) is 7.11 Å². The molecule has 0 aromatic carbocycles. The van der Waals surface area contributed by atoms with Gasteiger partial charge in [0.25, 0.3) is 17.7 Å². The molecular formula is C16H18F3N5O3. The number of primary amides is 1. The van der Waals surface area contributed by atoms with Crippen LogP contribution in [0.15, 0.2) is 12.3 Å². The standard InChI is InChI=1S/C16H18F3N5O3/c1-27-7-10-12(13(20)25)14-21-5-3-11(24(14)23-10)15(26)22-9-2-4-16(18,19)6-8(9)17/h3,5,8-9H,2,4,6-7H2,1H3,(H2,20,25)(H,22,26). The lowest BCUT2D eigenvalue weighted by molar-refractivity contribution is -0.0668. The van der Waals surface area contributed by atoms with Crippen LogP contribution in [0.25, 0.3) is 5.65 Å². The number of nitrogens with two attached hydrogens (primary N) is 1. The van der Waals surface area contributed by atoms with E-state index in [0.29, 0.717) is 0 Å². The van der Waals surface area contributed by atoms with Crippen molar-refractivity contribution in [2.24, 2.45) is 5.73 Å². The summed E-state index contributed by atoms with van der Waals surface area (Å²) in [4.78, 5) is 28.3. The van der Waals surface area contributed by atoms with Crippen LogP contribution in [0.5, 0.6) is 0 Å². The first-order chi connectivity index (χ1) is 12.7. The van der Waals surface area contributed by atoms with Gasteiger partial charge in [0.2, 0.25) is 0 Å². The van der Waals surface area contributed by atoms with E-state index >= 15 is 0 Å². The van der Waals surface area contributed by atoms with E-state index in [9.17, 15) is 22.8 Å². The molecule has 8 nitrogen and oxygen atoms in total. The molecule has 146 valence electrons. The van der Waals surface area contributed by atoms with E-state index in [1.807, 2.05) is 0 Å². The lowest BCUT2D eigenvalue weighted by Crippen LogP contribution is -2.48. The van der Waals surface area contributed by atoms with Gasteiger partial charge < -0.3 is 15.8 Å². The zero-order chi connectivity index (χ0) is 19.8. The molecule has 2 atom stereocenters. The van der Waals surface area contributed by atoms with Crippen molar-refractivity contribution in [1.29, 1.82) is 0 Å². The Hall–Kier alpha value is -2.69. The minimum absolute atomic E-state index is 0.00664. The maximum Gasteiger partial charge on any atom is 0.270 e. The molecule has 2 heterocycles. The number of ether oxygens (including phenoxy) is 1. The molecule has 1 aliphatic rings. The van der Waals surface area contributed by atoms with Crippen LogP contribution in [0.3, 0.4) is 0 Å². The predicted octanol–water partition coefficient (Wildman–Crippen LogP) is 1.23. The van der Waals surface area contributed by atoms with Gasteiger partial charge >= 0.3 is 0 Å². The summed E-state index contributed by atoms with van der Waals surface area (Å²) in [6.07, 6.45) is -2.21. The molecule has 0 bridgehead atoms. The summed E-state index contributed by atoms with van der Waals surface area (Å²) in [7, 11) is 1.40. The number of aromatic nitrogens is 3. The highest BCUT2D eigenvalue weighted by molar-refractivity contribution is 6.01. The molecule has 2 amide bonds. The van der Waals surface area contributed by atoms with Gasteiger partial charge in [0, 0.05) is 26.1 Å². The number of alkyl halides is 3. The summed E-state index contributed by atoms with van der Waals surface area (Å²) >= 11 is 0. The molecule has 27 heavy (non-hydrogen) atoms. The van der Waals surface area contributed by atoms with Crippen LogP contribution >= 0.6 is 0 Å². The van der Waals surface area contributed by atoms with Crippen molar-refractivity contribution in [3.63, 3.8) is 0 Å². The van der Waals surface area contributed by atoms with Crippen LogP contribution in [0, 0.1) is 0 Å². The molecule has 0 spiro atoms. The number of amides is 2. The van der Waals surface area contributed by atoms with E-state index in [0.717, 1.165) is 4.52 Å². The molecule has 3 rings (SSSR count). The molecule has 2 unspecified atom stereocenters. The first kappa shape index (κ1) is 19.1. The lowest BCUT2D eigenvalue weighted by atomic mass is 9.90. The predicted molar refractivity (Wildman–Crippen MR) is 87.2 cm³/mol. The third-order valence-electron chi connectivity index (χ3n) is 4.42. The monoisotopic (exact) mass is 385 g/mol. The van der Waals surface area contributed by atoms with Gasteiger partial charge in [-0.25, -0.2) is 22.7 Å². The van der Waals surface area contributed by atoms with Crippen LogP contribution in [-0.4, -0.2) is 51.7 Å². The van der Waals surface area contributed by atoms with Crippen molar-refractivity contribution < 1.29 is 27.5 Å². The molecule has 0 radical (unpaired) electrons. The van der Waals surface area contributed by atoms with Crippen molar-refractivity contribution in [3.8, 4) is 0 Å². The molecule has 11 heteroatoms. The highest BCUT2D eigenvalue weighted by Crippen LogP contribution is 2.35. The van der Waals surface area contributed by atoms with Crippen LogP contribution in [-0.2, 0) is 11.3 Å². The molecule has 2 aromatic heterocycles. The normalized spacial score (nSPS) is 21.9. The summed E-state index contributed by atoms with van der Waals surface area (Å²) in [5.74, 6) is -4.58. The van der Waals surface area contributed by atoms with E-state index in [2.05, 4.69) is 15.4 Å². The number of halogens is 3. The minimum atomic E-state index is -3.07. The van der Waals surface area contributed by atoms with Gasteiger partial charge in [-0.05, 0) is 12.5 Å². The second kappa shape index (κ2) is 7.14. The van der Waals surface area contributed by atoms with E-state index in [1.165, 1.54) is 19.4 Å². The fourth-order valence-electron chi connectivity index (χ4n) is 3.13. The average Bonchev–Trinajstić information content (AvgIpc) is 2.95.